The molecule has 0 bridgehead atoms. The molecule has 12 nitrogen and oxygen atoms in total. The summed E-state index contributed by atoms with van der Waals surface area (Å²) in [5.41, 5.74) is 1.45. The Balaban J connectivity index is 1.28. The molecule has 2 heterocycles. The molecule has 216 valence electrons. The number of benzene rings is 2. The van der Waals surface area contributed by atoms with E-state index in [1.807, 2.05) is 24.3 Å². The first-order valence-electron chi connectivity index (χ1n) is 13.4. The van der Waals surface area contributed by atoms with Crippen molar-refractivity contribution in [3.63, 3.8) is 0 Å². The van der Waals surface area contributed by atoms with Crippen molar-refractivity contribution in [1.82, 2.24) is 15.5 Å². The van der Waals surface area contributed by atoms with Gasteiger partial charge in [0.25, 0.3) is 11.8 Å². The SMILES string of the molecule is CC(C)(C)OC(=O)NCc1cccc(NCCCC(=O)Nc2cccc3c2C(=O)N(C2CCC(=O)NC2=O)C3=O)c1. The van der Waals surface area contributed by atoms with Crippen LogP contribution in [-0.4, -0.2) is 58.7 Å². The van der Waals surface area contributed by atoms with E-state index in [1.54, 1.807) is 26.8 Å². The summed E-state index contributed by atoms with van der Waals surface area (Å²) in [5, 5.41) is 10.8. The van der Waals surface area contributed by atoms with Gasteiger partial charge in [-0.2, -0.15) is 0 Å². The van der Waals surface area contributed by atoms with Crippen molar-refractivity contribution in [2.45, 2.75) is 64.6 Å². The summed E-state index contributed by atoms with van der Waals surface area (Å²) in [6.07, 6.45) is 0.204. The smallest absolute Gasteiger partial charge is 0.407 e. The van der Waals surface area contributed by atoms with Crippen LogP contribution in [0.2, 0.25) is 0 Å². The summed E-state index contributed by atoms with van der Waals surface area (Å²) in [6, 6.07) is 11.0. The lowest BCUT2D eigenvalue weighted by Crippen LogP contribution is -2.54. The molecule has 12 heteroatoms. The van der Waals surface area contributed by atoms with E-state index in [0.717, 1.165) is 16.2 Å². The molecule has 41 heavy (non-hydrogen) atoms. The molecule has 1 unspecified atom stereocenters. The maximum atomic E-state index is 13.2. The number of anilines is 2. The van der Waals surface area contributed by atoms with Gasteiger partial charge < -0.3 is 20.7 Å². The Kier molecular flexibility index (Phi) is 8.70. The maximum absolute atomic E-state index is 13.2. The standard InChI is InChI=1S/C29H33N5O7/c1-29(2,3)41-28(40)31-16-17-7-4-8-18(15-17)30-14-6-11-22(35)32-20-10-5-9-19-24(20)27(39)34(26(19)38)21-12-13-23(36)33-25(21)37/h4-5,7-10,15,21,30H,6,11-14,16H2,1-3H3,(H,31,40)(H,32,35)(H,33,36,37). The first kappa shape index (κ1) is 29.2. The molecule has 4 rings (SSSR count). The normalized spacial score (nSPS) is 16.7. The number of nitrogens with one attached hydrogen (secondary N) is 4. The lowest BCUT2D eigenvalue weighted by atomic mass is 10.0. The van der Waals surface area contributed by atoms with Crippen LogP contribution >= 0.6 is 0 Å². The molecule has 1 saturated heterocycles. The number of nitrogens with zero attached hydrogens (tertiary/aromatic N) is 1. The van der Waals surface area contributed by atoms with Crippen molar-refractivity contribution < 1.29 is 33.5 Å². The van der Waals surface area contributed by atoms with Crippen LogP contribution < -0.4 is 21.3 Å². The predicted molar refractivity (Wildman–Crippen MR) is 149 cm³/mol. The molecule has 2 aliphatic rings. The van der Waals surface area contributed by atoms with Gasteiger partial charge in [-0.1, -0.05) is 18.2 Å². The molecule has 2 aromatic carbocycles. The van der Waals surface area contributed by atoms with Gasteiger partial charge in [-0.05, 0) is 63.4 Å². The van der Waals surface area contributed by atoms with E-state index in [2.05, 4.69) is 21.3 Å². The number of fused-ring (bicyclic) bond motifs is 1. The third kappa shape index (κ3) is 7.27. The van der Waals surface area contributed by atoms with E-state index < -0.39 is 41.4 Å². The molecule has 1 fully saturated rings. The highest BCUT2D eigenvalue weighted by Crippen LogP contribution is 2.32. The van der Waals surface area contributed by atoms with E-state index in [-0.39, 0.29) is 42.0 Å². The predicted octanol–water partition coefficient (Wildman–Crippen LogP) is 2.94. The summed E-state index contributed by atoms with van der Waals surface area (Å²) >= 11 is 0. The van der Waals surface area contributed by atoms with Gasteiger partial charge in [-0.15, -0.1) is 0 Å². The number of piperidine rings is 1. The van der Waals surface area contributed by atoms with Gasteiger partial charge in [0.1, 0.15) is 11.6 Å². The number of alkyl carbamates (subject to hydrolysis) is 1. The average Bonchev–Trinajstić information content (AvgIpc) is 3.15. The molecule has 6 amide bonds. The molecule has 0 aromatic heterocycles. The van der Waals surface area contributed by atoms with Gasteiger partial charge >= 0.3 is 6.09 Å². The van der Waals surface area contributed by atoms with Gasteiger partial charge in [-0.25, -0.2) is 4.79 Å². The topological polar surface area (TPSA) is 163 Å². The summed E-state index contributed by atoms with van der Waals surface area (Å²) in [6.45, 7) is 6.17. The minimum absolute atomic E-state index is 0.0225. The first-order chi connectivity index (χ1) is 19.4. The molecule has 0 aliphatic carbocycles. The zero-order chi connectivity index (χ0) is 29.7. The van der Waals surface area contributed by atoms with Gasteiger partial charge in [-0.3, -0.25) is 34.2 Å². The van der Waals surface area contributed by atoms with Crippen LogP contribution in [0.15, 0.2) is 42.5 Å². The zero-order valence-electron chi connectivity index (χ0n) is 23.2. The summed E-state index contributed by atoms with van der Waals surface area (Å²) in [5.74, 6) is -2.80. The lowest BCUT2D eigenvalue weighted by molar-refractivity contribution is -0.136. The van der Waals surface area contributed by atoms with E-state index >= 15 is 0 Å². The monoisotopic (exact) mass is 563 g/mol. The Bertz CT molecular complexity index is 1400. The number of amides is 6. The van der Waals surface area contributed by atoms with Crippen molar-refractivity contribution in [2.75, 3.05) is 17.2 Å². The molecule has 0 saturated carbocycles. The highest BCUT2D eigenvalue weighted by Gasteiger charge is 2.45. The van der Waals surface area contributed by atoms with Gasteiger partial charge in [0, 0.05) is 31.6 Å². The molecule has 0 spiro atoms. The maximum Gasteiger partial charge on any atom is 0.407 e. The van der Waals surface area contributed by atoms with E-state index in [4.69, 9.17) is 4.74 Å². The third-order valence-electron chi connectivity index (χ3n) is 6.41. The lowest BCUT2D eigenvalue weighted by Gasteiger charge is -2.27. The van der Waals surface area contributed by atoms with Crippen LogP contribution in [0.5, 0.6) is 0 Å². The van der Waals surface area contributed by atoms with Crippen LogP contribution in [0.1, 0.15) is 72.7 Å². The summed E-state index contributed by atoms with van der Waals surface area (Å²) < 4.78 is 5.24. The number of rotatable bonds is 9. The quantitative estimate of drug-likeness (QED) is 0.267. The fourth-order valence-corrected chi connectivity index (χ4v) is 4.59. The number of imide groups is 2. The second-order valence-corrected chi connectivity index (χ2v) is 10.8. The molecule has 2 aliphatic heterocycles. The molecular formula is C29H33N5O7. The van der Waals surface area contributed by atoms with E-state index in [1.165, 1.54) is 12.1 Å². The number of carbonyl (C=O) groups is 6. The first-order valence-corrected chi connectivity index (χ1v) is 13.4. The second kappa shape index (κ2) is 12.2. The van der Waals surface area contributed by atoms with Crippen molar-refractivity contribution in [3.8, 4) is 0 Å². The number of hydrogen-bond donors (Lipinski definition) is 4. The average molecular weight is 564 g/mol. The van der Waals surface area contributed by atoms with Crippen molar-refractivity contribution in [2.24, 2.45) is 0 Å². The summed E-state index contributed by atoms with van der Waals surface area (Å²) in [7, 11) is 0. The van der Waals surface area contributed by atoms with Crippen molar-refractivity contribution >= 4 is 47.0 Å². The van der Waals surface area contributed by atoms with Crippen LogP contribution in [0.4, 0.5) is 16.2 Å². The van der Waals surface area contributed by atoms with Crippen LogP contribution in [-0.2, 0) is 25.7 Å². The van der Waals surface area contributed by atoms with Crippen molar-refractivity contribution in [1.29, 1.82) is 0 Å². The van der Waals surface area contributed by atoms with Crippen LogP contribution in [0.3, 0.4) is 0 Å². The zero-order valence-corrected chi connectivity index (χ0v) is 23.2. The van der Waals surface area contributed by atoms with E-state index in [9.17, 15) is 28.8 Å². The minimum atomic E-state index is -1.08. The fraction of sp³-hybridized carbons (Fsp3) is 0.379. The molecule has 4 N–H and O–H groups in total. The number of ether oxygens (including phenoxy) is 1. The van der Waals surface area contributed by atoms with E-state index in [0.29, 0.717) is 19.5 Å². The van der Waals surface area contributed by atoms with Gasteiger partial charge in [0.15, 0.2) is 0 Å². The molecular weight excluding hydrogens is 530 g/mol. The fourth-order valence-electron chi connectivity index (χ4n) is 4.59. The number of hydrogen-bond acceptors (Lipinski definition) is 8. The van der Waals surface area contributed by atoms with Gasteiger partial charge in [0.05, 0.1) is 16.8 Å². The Hall–Kier alpha value is -4.74. The summed E-state index contributed by atoms with van der Waals surface area (Å²) in [4.78, 5) is 75.3. The Labute approximate surface area is 237 Å². The van der Waals surface area contributed by atoms with Crippen LogP contribution in [0, 0.1) is 0 Å². The van der Waals surface area contributed by atoms with Crippen molar-refractivity contribution in [3.05, 3.63) is 59.2 Å². The Morgan fingerprint density at radius 3 is 2.54 bits per heavy atom. The minimum Gasteiger partial charge on any atom is -0.444 e. The highest BCUT2D eigenvalue weighted by atomic mass is 16.6. The molecule has 2 aromatic rings. The highest BCUT2D eigenvalue weighted by molar-refractivity contribution is 6.26. The Morgan fingerprint density at radius 1 is 1.05 bits per heavy atom. The van der Waals surface area contributed by atoms with Crippen LogP contribution in [0.25, 0.3) is 0 Å². The number of carbonyl (C=O) groups excluding carboxylic acids is 6. The Morgan fingerprint density at radius 2 is 1.80 bits per heavy atom. The molecule has 1 atom stereocenters. The second-order valence-electron chi connectivity index (χ2n) is 10.8. The molecule has 0 radical (unpaired) electrons. The third-order valence-corrected chi connectivity index (χ3v) is 6.41. The largest absolute Gasteiger partial charge is 0.444 e. The van der Waals surface area contributed by atoms with Gasteiger partial charge in [0.2, 0.25) is 17.7 Å².